The molecule has 0 bridgehead atoms. The quantitative estimate of drug-likeness (QED) is 0.576. The molecule has 0 aliphatic heterocycles. The number of nitrogens with one attached hydrogen (secondary N) is 1. The van der Waals surface area contributed by atoms with Gasteiger partial charge in [-0.2, -0.15) is 5.26 Å². The van der Waals surface area contributed by atoms with Gasteiger partial charge in [-0.25, -0.2) is 4.79 Å². The molecule has 1 N–H and O–H groups in total. The van der Waals surface area contributed by atoms with E-state index in [1.54, 1.807) is 35.7 Å². The third kappa shape index (κ3) is 5.18. The molecule has 0 saturated carbocycles. The number of amides is 1. The summed E-state index contributed by atoms with van der Waals surface area (Å²) in [6, 6.07) is 10.3. The van der Waals surface area contributed by atoms with Gasteiger partial charge in [0.25, 0.3) is 5.91 Å². The summed E-state index contributed by atoms with van der Waals surface area (Å²) in [5.41, 5.74) is 0.653. The predicted octanol–water partition coefficient (Wildman–Crippen LogP) is 3.48. The number of ether oxygens (including phenoxy) is 1. The normalized spacial score (nSPS) is 11.3. The molecule has 0 radical (unpaired) electrons. The van der Waals surface area contributed by atoms with Crippen LogP contribution < -0.4 is 5.32 Å². The molecule has 0 spiro atoms. The van der Waals surface area contributed by atoms with E-state index in [-0.39, 0.29) is 11.5 Å². The van der Waals surface area contributed by atoms with Gasteiger partial charge in [-0.3, -0.25) is 9.59 Å². The van der Waals surface area contributed by atoms with Crippen LogP contribution in [0.5, 0.6) is 0 Å². The van der Waals surface area contributed by atoms with E-state index < -0.39 is 18.0 Å². The molecular weight excluding hydrogens is 372 g/mol. The maximum absolute atomic E-state index is 12.4. The van der Waals surface area contributed by atoms with Crippen molar-refractivity contribution in [2.45, 2.75) is 24.8 Å². The topological polar surface area (TPSA) is 96.3 Å². The molecule has 1 atom stereocenters. The molecule has 0 aliphatic carbocycles. The van der Waals surface area contributed by atoms with Crippen LogP contribution in [0.3, 0.4) is 0 Å². The lowest BCUT2D eigenvalue weighted by Crippen LogP contribution is -2.30. The molecular formula is C18H16N2O4S2. The SMILES string of the molecule is CC(=O)CSc1ccccc1C(=O)O[C@H](C)C(=O)Nc1sccc1C#N. The van der Waals surface area contributed by atoms with Crippen molar-refractivity contribution in [1.82, 2.24) is 0 Å². The van der Waals surface area contributed by atoms with E-state index in [2.05, 4.69) is 5.32 Å². The molecule has 2 rings (SSSR count). The molecule has 26 heavy (non-hydrogen) atoms. The monoisotopic (exact) mass is 388 g/mol. The number of esters is 1. The first-order valence-corrected chi connectivity index (χ1v) is 9.49. The third-order valence-corrected chi connectivity index (χ3v) is 5.26. The van der Waals surface area contributed by atoms with Crippen LogP contribution in [0.15, 0.2) is 40.6 Å². The number of benzene rings is 1. The van der Waals surface area contributed by atoms with Gasteiger partial charge in [0, 0.05) is 4.90 Å². The Hall–Kier alpha value is -2.63. The van der Waals surface area contributed by atoms with Crippen molar-refractivity contribution in [3.8, 4) is 6.07 Å². The van der Waals surface area contributed by atoms with Gasteiger partial charge in [-0.1, -0.05) is 12.1 Å². The molecule has 1 aromatic carbocycles. The van der Waals surface area contributed by atoms with Gasteiger partial charge in [0.05, 0.1) is 16.9 Å². The summed E-state index contributed by atoms with van der Waals surface area (Å²) >= 11 is 2.46. The van der Waals surface area contributed by atoms with Crippen molar-refractivity contribution >= 4 is 45.8 Å². The molecule has 0 unspecified atom stereocenters. The first-order chi connectivity index (χ1) is 12.4. The Bertz CT molecular complexity index is 870. The highest BCUT2D eigenvalue weighted by Crippen LogP contribution is 2.25. The summed E-state index contributed by atoms with van der Waals surface area (Å²) in [4.78, 5) is 36.4. The zero-order valence-electron chi connectivity index (χ0n) is 14.1. The Balaban J connectivity index is 2.04. The van der Waals surface area contributed by atoms with Crippen LogP contribution in [0.2, 0.25) is 0 Å². The van der Waals surface area contributed by atoms with Crippen molar-refractivity contribution in [2.75, 3.05) is 11.1 Å². The molecule has 2 aromatic rings. The first-order valence-electron chi connectivity index (χ1n) is 7.63. The highest BCUT2D eigenvalue weighted by Gasteiger charge is 2.22. The van der Waals surface area contributed by atoms with Crippen LogP contribution in [0.1, 0.15) is 29.8 Å². The maximum atomic E-state index is 12.4. The Kier molecular flexibility index (Phi) is 6.95. The van der Waals surface area contributed by atoms with Crippen molar-refractivity contribution in [2.24, 2.45) is 0 Å². The van der Waals surface area contributed by atoms with Gasteiger partial charge in [-0.05, 0) is 37.4 Å². The second kappa shape index (κ2) is 9.17. The zero-order chi connectivity index (χ0) is 19.1. The highest BCUT2D eigenvalue weighted by atomic mass is 32.2. The van der Waals surface area contributed by atoms with Crippen molar-refractivity contribution < 1.29 is 19.1 Å². The lowest BCUT2D eigenvalue weighted by atomic mass is 10.2. The second-order valence-electron chi connectivity index (χ2n) is 5.30. The summed E-state index contributed by atoms with van der Waals surface area (Å²) in [6.45, 7) is 2.93. The number of thiophene rings is 1. The largest absolute Gasteiger partial charge is 0.449 e. The van der Waals surface area contributed by atoms with Crippen LogP contribution in [-0.2, 0) is 14.3 Å². The van der Waals surface area contributed by atoms with Gasteiger partial charge in [0.2, 0.25) is 0 Å². The van der Waals surface area contributed by atoms with E-state index in [0.717, 1.165) is 0 Å². The maximum Gasteiger partial charge on any atom is 0.340 e. The van der Waals surface area contributed by atoms with Gasteiger partial charge in [0.1, 0.15) is 16.9 Å². The number of carbonyl (C=O) groups is 3. The Morgan fingerprint density at radius 1 is 1.31 bits per heavy atom. The Labute approximate surface area is 159 Å². The van der Waals surface area contributed by atoms with Crippen LogP contribution in [0.4, 0.5) is 5.00 Å². The number of anilines is 1. The van der Waals surface area contributed by atoms with Crippen LogP contribution in [0, 0.1) is 11.3 Å². The molecule has 0 aliphatic rings. The lowest BCUT2D eigenvalue weighted by molar-refractivity contribution is -0.123. The number of Topliss-reactive ketones (excluding diaryl/α,β-unsaturated/α-hetero) is 1. The standard InChI is InChI=1S/C18H16N2O4S2/c1-11(21)10-26-15-6-4-3-5-14(15)18(23)24-12(2)16(22)20-17-13(9-19)7-8-25-17/h3-8,12H,10H2,1-2H3,(H,20,22)/t12-/m1/s1. The van der Waals surface area contributed by atoms with Crippen molar-refractivity contribution in [1.29, 1.82) is 5.26 Å². The molecule has 1 heterocycles. The van der Waals surface area contributed by atoms with Crippen LogP contribution in [0.25, 0.3) is 0 Å². The average Bonchev–Trinajstić information content (AvgIpc) is 3.07. The summed E-state index contributed by atoms with van der Waals surface area (Å²) in [5, 5.41) is 13.7. The van der Waals surface area contributed by atoms with E-state index in [0.29, 0.717) is 21.0 Å². The van der Waals surface area contributed by atoms with E-state index in [1.165, 1.54) is 36.9 Å². The number of nitriles is 1. The minimum Gasteiger partial charge on any atom is -0.449 e. The number of ketones is 1. The molecule has 8 heteroatoms. The first kappa shape index (κ1) is 19.7. The smallest absolute Gasteiger partial charge is 0.340 e. The van der Waals surface area contributed by atoms with Crippen LogP contribution >= 0.6 is 23.1 Å². The fourth-order valence-corrected chi connectivity index (χ4v) is 3.51. The number of thioether (sulfide) groups is 1. The lowest BCUT2D eigenvalue weighted by Gasteiger charge is -2.14. The van der Waals surface area contributed by atoms with Gasteiger partial charge in [-0.15, -0.1) is 23.1 Å². The number of hydrogen-bond donors (Lipinski definition) is 1. The van der Waals surface area contributed by atoms with E-state index in [4.69, 9.17) is 10.00 Å². The fraction of sp³-hybridized carbons (Fsp3) is 0.222. The van der Waals surface area contributed by atoms with E-state index in [9.17, 15) is 14.4 Å². The number of rotatable bonds is 7. The highest BCUT2D eigenvalue weighted by molar-refractivity contribution is 8.00. The molecule has 1 amide bonds. The van der Waals surface area contributed by atoms with Crippen LogP contribution in [-0.4, -0.2) is 29.5 Å². The fourth-order valence-electron chi connectivity index (χ4n) is 1.93. The minimum atomic E-state index is -1.04. The van der Waals surface area contributed by atoms with Crippen molar-refractivity contribution in [3.63, 3.8) is 0 Å². The molecule has 1 aromatic heterocycles. The number of hydrogen-bond acceptors (Lipinski definition) is 7. The minimum absolute atomic E-state index is 0.00448. The molecule has 134 valence electrons. The number of carbonyl (C=O) groups excluding carboxylic acids is 3. The summed E-state index contributed by atoms with van der Waals surface area (Å²) in [6.07, 6.45) is -1.04. The number of nitrogens with zero attached hydrogens (tertiary/aromatic N) is 1. The summed E-state index contributed by atoms with van der Waals surface area (Å²) in [7, 11) is 0. The zero-order valence-corrected chi connectivity index (χ0v) is 15.8. The average molecular weight is 388 g/mol. The van der Waals surface area contributed by atoms with E-state index in [1.807, 2.05) is 6.07 Å². The molecule has 0 saturated heterocycles. The molecule has 0 fully saturated rings. The van der Waals surface area contributed by atoms with Gasteiger partial charge < -0.3 is 10.1 Å². The van der Waals surface area contributed by atoms with Gasteiger partial charge >= 0.3 is 5.97 Å². The Morgan fingerprint density at radius 2 is 2.04 bits per heavy atom. The third-order valence-electron chi connectivity index (χ3n) is 3.21. The summed E-state index contributed by atoms with van der Waals surface area (Å²) < 4.78 is 5.24. The predicted molar refractivity (Wildman–Crippen MR) is 100 cm³/mol. The second-order valence-corrected chi connectivity index (χ2v) is 7.23. The van der Waals surface area contributed by atoms with E-state index >= 15 is 0 Å². The Morgan fingerprint density at radius 3 is 2.73 bits per heavy atom. The summed E-state index contributed by atoms with van der Waals surface area (Å²) in [5.74, 6) is -0.928. The van der Waals surface area contributed by atoms with Gasteiger partial charge in [0.15, 0.2) is 6.10 Å². The molecule has 6 nitrogen and oxygen atoms in total. The van der Waals surface area contributed by atoms with Crippen molar-refractivity contribution in [3.05, 3.63) is 46.8 Å².